The van der Waals surface area contributed by atoms with Crippen molar-refractivity contribution >= 4 is 5.91 Å². The minimum absolute atomic E-state index is 0.0450. The van der Waals surface area contributed by atoms with Gasteiger partial charge in [-0.1, -0.05) is 42.4 Å². The Balaban J connectivity index is 1.73. The second-order valence-electron chi connectivity index (χ2n) is 5.60. The van der Waals surface area contributed by atoms with Crippen molar-refractivity contribution in [3.8, 4) is 0 Å². The summed E-state index contributed by atoms with van der Waals surface area (Å²) in [5, 5.41) is 3.96. The summed E-state index contributed by atoms with van der Waals surface area (Å²) in [6.07, 6.45) is 3.21. The molecule has 21 heavy (non-hydrogen) atoms. The molecular formula is C17H20N2O2. The Labute approximate surface area is 124 Å². The molecule has 0 saturated heterocycles. The monoisotopic (exact) mass is 284 g/mol. The third-order valence-electron chi connectivity index (χ3n) is 3.72. The van der Waals surface area contributed by atoms with Gasteiger partial charge in [0, 0.05) is 25.1 Å². The molecule has 0 spiro atoms. The zero-order valence-electron chi connectivity index (χ0n) is 12.3. The van der Waals surface area contributed by atoms with Crippen LogP contribution in [0.4, 0.5) is 0 Å². The molecule has 0 unspecified atom stereocenters. The smallest absolute Gasteiger partial charge is 0.276 e. The number of nitrogens with zero attached hydrogens (tertiary/aromatic N) is 2. The summed E-state index contributed by atoms with van der Waals surface area (Å²) in [5.74, 6) is 1.29. The third kappa shape index (κ3) is 3.32. The summed E-state index contributed by atoms with van der Waals surface area (Å²) >= 11 is 0. The van der Waals surface area contributed by atoms with E-state index < -0.39 is 0 Å². The van der Waals surface area contributed by atoms with E-state index in [9.17, 15) is 4.79 Å². The van der Waals surface area contributed by atoms with Gasteiger partial charge in [0.1, 0.15) is 5.76 Å². The molecule has 1 aliphatic rings. The number of hydrogen-bond donors (Lipinski definition) is 0. The standard InChI is InChI=1S/C17H20N2O2/c1-2-10-19(12-13-6-4-3-5-7-13)17(20)15-11-16(21-18-15)14-8-9-14/h3-7,11,14H,2,8-10,12H2,1H3. The van der Waals surface area contributed by atoms with Gasteiger partial charge in [-0.25, -0.2) is 0 Å². The maximum absolute atomic E-state index is 12.6. The van der Waals surface area contributed by atoms with Crippen LogP contribution >= 0.6 is 0 Å². The van der Waals surface area contributed by atoms with Crippen LogP contribution in [0.5, 0.6) is 0 Å². The van der Waals surface area contributed by atoms with Crippen LogP contribution in [0.2, 0.25) is 0 Å². The summed E-state index contributed by atoms with van der Waals surface area (Å²) in [7, 11) is 0. The van der Waals surface area contributed by atoms with Crippen molar-refractivity contribution in [2.75, 3.05) is 6.54 Å². The fourth-order valence-electron chi connectivity index (χ4n) is 2.44. The molecule has 1 aromatic heterocycles. The number of rotatable bonds is 6. The van der Waals surface area contributed by atoms with Gasteiger partial charge in [-0.3, -0.25) is 4.79 Å². The Kier molecular flexibility index (Phi) is 4.04. The van der Waals surface area contributed by atoms with Crippen molar-refractivity contribution < 1.29 is 9.32 Å². The van der Waals surface area contributed by atoms with Gasteiger partial charge in [0.2, 0.25) is 0 Å². The van der Waals surface area contributed by atoms with Crippen molar-refractivity contribution in [2.45, 2.75) is 38.6 Å². The molecule has 0 atom stereocenters. The highest BCUT2D eigenvalue weighted by Crippen LogP contribution is 2.40. The summed E-state index contributed by atoms with van der Waals surface area (Å²) in [6, 6.07) is 11.8. The lowest BCUT2D eigenvalue weighted by Crippen LogP contribution is -2.31. The van der Waals surface area contributed by atoms with Crippen LogP contribution in [0, 0.1) is 0 Å². The average molecular weight is 284 g/mol. The van der Waals surface area contributed by atoms with Gasteiger partial charge in [0.05, 0.1) is 0 Å². The van der Waals surface area contributed by atoms with Crippen molar-refractivity contribution in [1.29, 1.82) is 0 Å². The molecule has 1 aromatic carbocycles. The van der Waals surface area contributed by atoms with Gasteiger partial charge < -0.3 is 9.42 Å². The highest BCUT2D eigenvalue weighted by molar-refractivity contribution is 5.92. The first-order valence-electron chi connectivity index (χ1n) is 7.57. The van der Waals surface area contributed by atoms with Gasteiger partial charge in [-0.15, -0.1) is 0 Å². The molecule has 4 nitrogen and oxygen atoms in total. The average Bonchev–Trinajstić information content (AvgIpc) is 3.25. The van der Waals surface area contributed by atoms with E-state index in [1.807, 2.05) is 41.3 Å². The van der Waals surface area contributed by atoms with Gasteiger partial charge >= 0.3 is 0 Å². The van der Waals surface area contributed by atoms with Crippen LogP contribution in [0.1, 0.15) is 53.9 Å². The quantitative estimate of drug-likeness (QED) is 0.814. The second-order valence-corrected chi connectivity index (χ2v) is 5.60. The number of amides is 1. The summed E-state index contributed by atoms with van der Waals surface area (Å²) in [4.78, 5) is 14.4. The summed E-state index contributed by atoms with van der Waals surface area (Å²) in [5.41, 5.74) is 1.56. The van der Waals surface area contributed by atoms with E-state index in [1.54, 1.807) is 0 Å². The van der Waals surface area contributed by atoms with Crippen molar-refractivity contribution in [1.82, 2.24) is 10.1 Å². The second kappa shape index (κ2) is 6.12. The molecule has 0 bridgehead atoms. The van der Waals surface area contributed by atoms with Crippen LogP contribution in [-0.2, 0) is 6.54 Å². The molecule has 1 saturated carbocycles. The molecule has 0 N–H and O–H groups in total. The summed E-state index contributed by atoms with van der Waals surface area (Å²) in [6.45, 7) is 3.40. The maximum Gasteiger partial charge on any atom is 0.276 e. The first-order valence-corrected chi connectivity index (χ1v) is 7.57. The fourth-order valence-corrected chi connectivity index (χ4v) is 2.44. The van der Waals surface area contributed by atoms with Gasteiger partial charge in [0.25, 0.3) is 5.91 Å². The molecule has 0 radical (unpaired) electrons. The Morgan fingerprint density at radius 1 is 1.33 bits per heavy atom. The first kappa shape index (κ1) is 13.9. The van der Waals surface area contributed by atoms with Crippen molar-refractivity contribution in [2.24, 2.45) is 0 Å². The molecule has 1 amide bonds. The summed E-state index contributed by atoms with van der Waals surface area (Å²) < 4.78 is 5.29. The largest absolute Gasteiger partial charge is 0.360 e. The fraction of sp³-hybridized carbons (Fsp3) is 0.412. The van der Waals surface area contributed by atoms with Gasteiger partial charge in [-0.2, -0.15) is 0 Å². The van der Waals surface area contributed by atoms with Crippen molar-refractivity contribution in [3.05, 3.63) is 53.4 Å². The minimum Gasteiger partial charge on any atom is -0.360 e. The van der Waals surface area contributed by atoms with E-state index in [2.05, 4.69) is 12.1 Å². The highest BCUT2D eigenvalue weighted by atomic mass is 16.5. The number of carbonyl (C=O) groups excluding carboxylic acids is 1. The zero-order chi connectivity index (χ0) is 14.7. The van der Waals surface area contributed by atoms with E-state index in [1.165, 1.54) is 0 Å². The Bertz CT molecular complexity index is 602. The van der Waals surface area contributed by atoms with E-state index in [0.717, 1.165) is 37.1 Å². The molecular weight excluding hydrogens is 264 g/mol. The molecule has 1 heterocycles. The highest BCUT2D eigenvalue weighted by Gasteiger charge is 2.29. The van der Waals surface area contributed by atoms with E-state index in [-0.39, 0.29) is 5.91 Å². The van der Waals surface area contributed by atoms with Crippen LogP contribution in [0.15, 0.2) is 40.9 Å². The third-order valence-corrected chi connectivity index (χ3v) is 3.72. The Hall–Kier alpha value is -2.10. The topological polar surface area (TPSA) is 46.3 Å². The van der Waals surface area contributed by atoms with Gasteiger partial charge in [0.15, 0.2) is 5.69 Å². The molecule has 0 aliphatic heterocycles. The first-order chi connectivity index (χ1) is 10.3. The predicted octanol–water partition coefficient (Wildman–Crippen LogP) is 3.60. The normalized spacial score (nSPS) is 14.1. The number of hydrogen-bond acceptors (Lipinski definition) is 3. The SMILES string of the molecule is CCCN(Cc1ccccc1)C(=O)c1cc(C2CC2)on1. The molecule has 2 aromatic rings. The lowest BCUT2D eigenvalue weighted by Gasteiger charge is -2.21. The Morgan fingerprint density at radius 3 is 2.76 bits per heavy atom. The number of benzene rings is 1. The van der Waals surface area contributed by atoms with Crippen LogP contribution < -0.4 is 0 Å². The van der Waals surface area contributed by atoms with E-state index >= 15 is 0 Å². The minimum atomic E-state index is -0.0450. The van der Waals surface area contributed by atoms with Crippen LogP contribution in [-0.4, -0.2) is 22.5 Å². The lowest BCUT2D eigenvalue weighted by atomic mass is 10.2. The zero-order valence-corrected chi connectivity index (χ0v) is 12.3. The molecule has 1 aliphatic carbocycles. The lowest BCUT2D eigenvalue weighted by molar-refractivity contribution is 0.0732. The molecule has 1 fully saturated rings. The molecule has 4 heteroatoms. The van der Waals surface area contributed by atoms with E-state index in [4.69, 9.17) is 4.52 Å². The predicted molar refractivity (Wildman–Crippen MR) is 80.0 cm³/mol. The number of carbonyl (C=O) groups is 1. The number of aromatic nitrogens is 1. The van der Waals surface area contributed by atoms with E-state index in [0.29, 0.717) is 18.2 Å². The van der Waals surface area contributed by atoms with Crippen LogP contribution in [0.3, 0.4) is 0 Å². The van der Waals surface area contributed by atoms with Crippen molar-refractivity contribution in [3.63, 3.8) is 0 Å². The van der Waals surface area contributed by atoms with Gasteiger partial charge in [-0.05, 0) is 24.8 Å². The molecule has 110 valence electrons. The molecule has 3 rings (SSSR count). The Morgan fingerprint density at radius 2 is 2.10 bits per heavy atom. The van der Waals surface area contributed by atoms with Crippen LogP contribution in [0.25, 0.3) is 0 Å². The maximum atomic E-state index is 12.6.